The van der Waals surface area contributed by atoms with Crippen molar-refractivity contribution in [3.8, 4) is 0 Å². The Morgan fingerprint density at radius 1 is 1.09 bits per heavy atom. The Morgan fingerprint density at radius 2 is 1.95 bits per heavy atom. The molecule has 0 radical (unpaired) electrons. The topological polar surface area (TPSA) is 22.3 Å². The molecule has 4 rings (SSSR count). The number of anilines is 2. The molecule has 3 aromatic rings. The SMILES string of the molecule is CC1c2cc(N(C)C)ccc2CN1c1ccc2cc[nH]c2c1. The molecule has 22 heavy (non-hydrogen) atoms. The molecular formula is C19H21N3. The van der Waals surface area contributed by atoms with E-state index in [4.69, 9.17) is 0 Å². The Kier molecular flexibility index (Phi) is 2.89. The van der Waals surface area contributed by atoms with E-state index < -0.39 is 0 Å². The summed E-state index contributed by atoms with van der Waals surface area (Å²) in [5.74, 6) is 0. The number of H-pyrrole nitrogens is 1. The third-order valence-electron chi connectivity index (χ3n) is 4.77. The van der Waals surface area contributed by atoms with Crippen LogP contribution in [0.1, 0.15) is 24.1 Å². The Bertz CT molecular complexity index is 832. The highest BCUT2D eigenvalue weighted by molar-refractivity contribution is 5.83. The summed E-state index contributed by atoms with van der Waals surface area (Å²) in [5, 5.41) is 1.27. The summed E-state index contributed by atoms with van der Waals surface area (Å²) in [4.78, 5) is 7.95. The monoisotopic (exact) mass is 291 g/mol. The quantitative estimate of drug-likeness (QED) is 0.760. The fourth-order valence-corrected chi connectivity index (χ4v) is 3.41. The van der Waals surface area contributed by atoms with Crippen LogP contribution in [0.3, 0.4) is 0 Å². The molecule has 112 valence electrons. The smallest absolute Gasteiger partial charge is 0.0522 e. The largest absolute Gasteiger partial charge is 0.378 e. The number of fused-ring (bicyclic) bond motifs is 2. The van der Waals surface area contributed by atoms with E-state index in [-0.39, 0.29) is 0 Å². The van der Waals surface area contributed by atoms with Gasteiger partial charge in [0.2, 0.25) is 0 Å². The van der Waals surface area contributed by atoms with E-state index in [2.05, 4.69) is 78.3 Å². The first-order valence-electron chi connectivity index (χ1n) is 7.77. The Hall–Kier alpha value is -2.42. The molecule has 0 spiro atoms. The van der Waals surface area contributed by atoms with Crippen LogP contribution >= 0.6 is 0 Å². The van der Waals surface area contributed by atoms with Gasteiger partial charge >= 0.3 is 0 Å². The minimum Gasteiger partial charge on any atom is -0.378 e. The third kappa shape index (κ3) is 1.97. The van der Waals surface area contributed by atoms with E-state index in [0.717, 1.165) is 6.54 Å². The second kappa shape index (κ2) is 4.80. The zero-order chi connectivity index (χ0) is 15.3. The Labute approximate surface area is 131 Å². The first kappa shape index (κ1) is 13.3. The summed E-state index contributed by atoms with van der Waals surface area (Å²) in [5.41, 5.74) is 6.63. The molecule has 0 amide bonds. The van der Waals surface area contributed by atoms with E-state index in [1.54, 1.807) is 0 Å². The molecule has 1 atom stereocenters. The highest BCUT2D eigenvalue weighted by atomic mass is 15.2. The molecule has 0 bridgehead atoms. The first-order chi connectivity index (χ1) is 10.6. The average molecular weight is 291 g/mol. The van der Waals surface area contributed by atoms with Crippen molar-refractivity contribution >= 4 is 22.3 Å². The fourth-order valence-electron chi connectivity index (χ4n) is 3.41. The van der Waals surface area contributed by atoms with Gasteiger partial charge < -0.3 is 14.8 Å². The maximum absolute atomic E-state index is 3.31. The molecule has 2 aromatic carbocycles. The van der Waals surface area contributed by atoms with Crippen molar-refractivity contribution in [3.63, 3.8) is 0 Å². The van der Waals surface area contributed by atoms with Crippen LogP contribution in [0.5, 0.6) is 0 Å². The molecule has 0 fully saturated rings. The highest BCUT2D eigenvalue weighted by Gasteiger charge is 2.27. The molecule has 1 unspecified atom stereocenters. The van der Waals surface area contributed by atoms with Crippen LogP contribution in [0.2, 0.25) is 0 Å². The van der Waals surface area contributed by atoms with Crippen LogP contribution in [0.15, 0.2) is 48.7 Å². The van der Waals surface area contributed by atoms with E-state index in [1.165, 1.54) is 33.4 Å². The number of nitrogens with one attached hydrogen (secondary N) is 1. The summed E-state index contributed by atoms with van der Waals surface area (Å²) in [6.45, 7) is 3.28. The third-order valence-corrected chi connectivity index (χ3v) is 4.77. The predicted octanol–water partition coefficient (Wildman–Crippen LogP) is 4.32. The molecule has 2 heterocycles. The van der Waals surface area contributed by atoms with Crippen molar-refractivity contribution in [2.24, 2.45) is 0 Å². The standard InChI is InChI=1S/C19H21N3/c1-13-18-10-16(21(2)3)6-5-15(18)12-22(13)17-7-4-14-8-9-20-19(14)11-17/h4-11,13,20H,12H2,1-3H3. The van der Waals surface area contributed by atoms with Crippen molar-refractivity contribution < 1.29 is 0 Å². The number of aromatic amines is 1. The molecule has 1 aliphatic heterocycles. The Balaban J connectivity index is 1.72. The van der Waals surface area contributed by atoms with Crippen molar-refractivity contribution in [2.75, 3.05) is 23.9 Å². The average Bonchev–Trinajstić information content (AvgIpc) is 3.11. The lowest BCUT2D eigenvalue weighted by atomic mass is 10.0. The van der Waals surface area contributed by atoms with Crippen molar-refractivity contribution in [2.45, 2.75) is 19.5 Å². The minimum atomic E-state index is 0.405. The van der Waals surface area contributed by atoms with Gasteiger partial charge in [0, 0.05) is 43.7 Å². The van der Waals surface area contributed by atoms with Gasteiger partial charge in [-0.3, -0.25) is 0 Å². The lowest BCUT2D eigenvalue weighted by molar-refractivity contribution is 0.733. The van der Waals surface area contributed by atoms with Crippen LogP contribution in [0.25, 0.3) is 10.9 Å². The second-order valence-corrected chi connectivity index (χ2v) is 6.33. The van der Waals surface area contributed by atoms with E-state index in [9.17, 15) is 0 Å². The van der Waals surface area contributed by atoms with E-state index in [0.29, 0.717) is 6.04 Å². The van der Waals surface area contributed by atoms with Gasteiger partial charge in [-0.15, -0.1) is 0 Å². The predicted molar refractivity (Wildman–Crippen MR) is 93.7 cm³/mol. The minimum absolute atomic E-state index is 0.405. The van der Waals surface area contributed by atoms with Crippen LogP contribution in [-0.4, -0.2) is 19.1 Å². The zero-order valence-electron chi connectivity index (χ0n) is 13.3. The number of nitrogens with zero attached hydrogens (tertiary/aromatic N) is 2. The van der Waals surface area contributed by atoms with Gasteiger partial charge in [0.15, 0.2) is 0 Å². The van der Waals surface area contributed by atoms with Crippen LogP contribution in [0.4, 0.5) is 11.4 Å². The van der Waals surface area contributed by atoms with E-state index in [1.807, 2.05) is 6.20 Å². The molecule has 3 heteroatoms. The summed E-state index contributed by atoms with van der Waals surface area (Å²) < 4.78 is 0. The lowest BCUT2D eigenvalue weighted by Crippen LogP contribution is -2.18. The molecule has 3 nitrogen and oxygen atoms in total. The Morgan fingerprint density at radius 3 is 2.77 bits per heavy atom. The van der Waals surface area contributed by atoms with Gasteiger partial charge in [0.25, 0.3) is 0 Å². The maximum atomic E-state index is 3.31. The summed E-state index contributed by atoms with van der Waals surface area (Å²) in [7, 11) is 4.19. The fraction of sp³-hybridized carbons (Fsp3) is 0.263. The lowest BCUT2D eigenvalue weighted by Gasteiger charge is -2.24. The first-order valence-corrected chi connectivity index (χ1v) is 7.77. The highest BCUT2D eigenvalue weighted by Crippen LogP contribution is 2.39. The number of rotatable bonds is 2. The van der Waals surface area contributed by atoms with Crippen molar-refractivity contribution in [1.29, 1.82) is 0 Å². The molecule has 1 aliphatic rings. The number of hydrogen-bond acceptors (Lipinski definition) is 2. The maximum Gasteiger partial charge on any atom is 0.0522 e. The summed E-state index contributed by atoms with van der Waals surface area (Å²) >= 11 is 0. The van der Waals surface area contributed by atoms with Crippen molar-refractivity contribution in [1.82, 2.24) is 4.98 Å². The van der Waals surface area contributed by atoms with Gasteiger partial charge in [-0.1, -0.05) is 12.1 Å². The number of benzene rings is 2. The number of hydrogen-bond donors (Lipinski definition) is 1. The molecule has 0 aliphatic carbocycles. The summed E-state index contributed by atoms with van der Waals surface area (Å²) in [6.07, 6.45) is 2.00. The molecule has 0 saturated carbocycles. The molecule has 1 aromatic heterocycles. The van der Waals surface area contributed by atoms with Gasteiger partial charge in [-0.25, -0.2) is 0 Å². The zero-order valence-corrected chi connectivity index (χ0v) is 13.3. The van der Waals surface area contributed by atoms with Gasteiger partial charge in [-0.05, 0) is 53.8 Å². The molecular weight excluding hydrogens is 270 g/mol. The van der Waals surface area contributed by atoms with Crippen LogP contribution in [0, 0.1) is 0 Å². The van der Waals surface area contributed by atoms with Crippen LogP contribution in [-0.2, 0) is 6.54 Å². The molecule has 1 N–H and O–H groups in total. The second-order valence-electron chi connectivity index (χ2n) is 6.33. The van der Waals surface area contributed by atoms with Gasteiger partial charge in [-0.2, -0.15) is 0 Å². The molecule has 0 saturated heterocycles. The summed E-state index contributed by atoms with van der Waals surface area (Å²) in [6, 6.07) is 16.0. The number of aromatic nitrogens is 1. The van der Waals surface area contributed by atoms with Crippen molar-refractivity contribution in [3.05, 3.63) is 59.8 Å². The van der Waals surface area contributed by atoms with Gasteiger partial charge in [0.05, 0.1) is 6.04 Å². The normalized spacial score (nSPS) is 17.0. The van der Waals surface area contributed by atoms with Crippen LogP contribution < -0.4 is 9.80 Å². The van der Waals surface area contributed by atoms with Gasteiger partial charge in [0.1, 0.15) is 0 Å². The van der Waals surface area contributed by atoms with E-state index >= 15 is 0 Å².